The second-order valence-electron chi connectivity index (χ2n) is 7.23. The van der Waals surface area contributed by atoms with E-state index in [1.54, 1.807) is 18.2 Å². The minimum Gasteiger partial charge on any atom is -0.404 e. The molecule has 1 fully saturated rings. The molecule has 1 saturated heterocycles. The maximum absolute atomic E-state index is 13.1. The van der Waals surface area contributed by atoms with Crippen LogP contribution in [-0.4, -0.2) is 47.0 Å². The number of anilines is 2. The third-order valence-corrected chi connectivity index (χ3v) is 6.41. The zero-order valence-electron chi connectivity index (χ0n) is 16.1. The second kappa shape index (κ2) is 8.00. The number of sulfonamides is 1. The van der Waals surface area contributed by atoms with Crippen LogP contribution in [0.1, 0.15) is 6.42 Å². The van der Waals surface area contributed by atoms with Crippen LogP contribution in [0.25, 0.3) is 11.1 Å². The van der Waals surface area contributed by atoms with Gasteiger partial charge in [-0.25, -0.2) is 0 Å². The van der Waals surface area contributed by atoms with Crippen LogP contribution in [0.5, 0.6) is 5.75 Å². The van der Waals surface area contributed by atoms with Crippen LogP contribution in [0.15, 0.2) is 45.9 Å². The van der Waals surface area contributed by atoms with Gasteiger partial charge in [0, 0.05) is 37.8 Å². The highest BCUT2D eigenvalue weighted by Crippen LogP contribution is 2.42. The average molecular weight is 456 g/mol. The molecule has 0 radical (unpaired) electrons. The van der Waals surface area contributed by atoms with Gasteiger partial charge in [-0.15, -0.1) is 18.1 Å². The van der Waals surface area contributed by atoms with E-state index in [2.05, 4.69) is 20.3 Å². The Labute approximate surface area is 176 Å². The molecule has 0 amide bonds. The summed E-state index contributed by atoms with van der Waals surface area (Å²) in [6, 6.07) is 8.74. The molecule has 0 saturated carbocycles. The third-order valence-electron chi connectivity index (χ3n) is 5.33. The highest BCUT2D eigenvalue weighted by atomic mass is 32.2. The minimum absolute atomic E-state index is 0.118. The van der Waals surface area contributed by atoms with Gasteiger partial charge >= 0.3 is 16.4 Å². The number of rotatable bonds is 4. The van der Waals surface area contributed by atoms with E-state index in [1.165, 1.54) is 12.1 Å². The number of alkyl halides is 3. The summed E-state index contributed by atoms with van der Waals surface area (Å²) in [7, 11) is -4.86. The molecular formula is C19H19F3N4O4S. The number of para-hydroxylation sites is 1. The summed E-state index contributed by atoms with van der Waals surface area (Å²) in [6.45, 7) is 3.12. The number of hydrogen-bond acceptors (Lipinski definition) is 7. The van der Waals surface area contributed by atoms with Gasteiger partial charge in [0.25, 0.3) is 0 Å². The smallest absolute Gasteiger partial charge is 0.404 e. The Balaban J connectivity index is 1.84. The summed E-state index contributed by atoms with van der Waals surface area (Å²) < 4.78 is 69.2. The van der Waals surface area contributed by atoms with Crippen molar-refractivity contribution >= 4 is 21.4 Å². The molecule has 1 atom stereocenters. The lowest BCUT2D eigenvalue weighted by molar-refractivity contribution is -0.275. The van der Waals surface area contributed by atoms with Crippen molar-refractivity contribution in [1.29, 1.82) is 0 Å². The number of nitrogens with one attached hydrogen (secondary N) is 2. The highest BCUT2D eigenvalue weighted by Gasteiger charge is 2.36. The first-order valence-corrected chi connectivity index (χ1v) is 11.0. The fourth-order valence-electron chi connectivity index (χ4n) is 4.01. The Bertz CT molecular complexity index is 1110. The van der Waals surface area contributed by atoms with Gasteiger partial charge < -0.3 is 20.3 Å². The Hall–Kier alpha value is -2.86. The third kappa shape index (κ3) is 4.30. The molecule has 2 aromatic rings. The van der Waals surface area contributed by atoms with Crippen LogP contribution < -0.4 is 20.3 Å². The molecule has 31 heavy (non-hydrogen) atoms. The van der Waals surface area contributed by atoms with Gasteiger partial charge in [-0.1, -0.05) is 18.2 Å². The van der Waals surface area contributed by atoms with Crippen molar-refractivity contribution in [3.05, 3.63) is 41.3 Å². The molecule has 12 heteroatoms. The lowest BCUT2D eigenvalue weighted by Crippen LogP contribution is -2.51. The predicted octanol–water partition coefficient (Wildman–Crippen LogP) is 3.30. The van der Waals surface area contributed by atoms with E-state index in [9.17, 15) is 26.5 Å². The van der Waals surface area contributed by atoms with Crippen molar-refractivity contribution in [3.8, 4) is 16.9 Å². The molecule has 2 N–H and O–H groups in total. The number of benzene rings is 2. The summed E-state index contributed by atoms with van der Waals surface area (Å²) in [5, 5.41) is 6.65. The largest absolute Gasteiger partial charge is 0.573 e. The molecule has 0 aromatic heterocycles. The molecule has 0 bridgehead atoms. The van der Waals surface area contributed by atoms with Gasteiger partial charge in [-0.3, -0.25) is 0 Å². The SMILES string of the molecule is O=NS(=O)(=O)c1cccc(-c2ccc3c(c2)NCCC2CNCCN32)c1OC(F)(F)F. The van der Waals surface area contributed by atoms with Gasteiger partial charge in [0.2, 0.25) is 0 Å². The summed E-state index contributed by atoms with van der Waals surface area (Å²) in [5.74, 6) is -0.983. The van der Waals surface area contributed by atoms with Crippen molar-refractivity contribution in [1.82, 2.24) is 5.32 Å². The number of ether oxygens (including phenoxy) is 1. The number of halogens is 3. The first-order valence-electron chi connectivity index (χ1n) is 9.54. The molecule has 2 heterocycles. The highest BCUT2D eigenvalue weighted by molar-refractivity contribution is 7.90. The lowest BCUT2D eigenvalue weighted by atomic mass is 10.0. The first kappa shape index (κ1) is 21.4. The van der Waals surface area contributed by atoms with E-state index in [1.807, 2.05) is 4.58 Å². The quantitative estimate of drug-likeness (QED) is 0.681. The Kier molecular flexibility index (Phi) is 5.52. The topological polar surface area (TPSA) is 100 Å². The zero-order chi connectivity index (χ0) is 22.2. The van der Waals surface area contributed by atoms with Crippen molar-refractivity contribution in [2.45, 2.75) is 23.7 Å². The van der Waals surface area contributed by atoms with E-state index < -0.39 is 27.0 Å². The number of fused-ring (bicyclic) bond motifs is 3. The van der Waals surface area contributed by atoms with Crippen LogP contribution in [0.2, 0.25) is 0 Å². The van der Waals surface area contributed by atoms with Gasteiger partial charge in [0.1, 0.15) is 4.90 Å². The average Bonchev–Trinajstić information content (AvgIpc) is 2.91. The van der Waals surface area contributed by atoms with Gasteiger partial charge in [-0.05, 0) is 30.2 Å². The summed E-state index contributed by atoms with van der Waals surface area (Å²) in [6.07, 6.45) is -4.28. The van der Waals surface area contributed by atoms with Crippen LogP contribution in [0.3, 0.4) is 0 Å². The maximum atomic E-state index is 13.1. The molecule has 166 valence electrons. The predicted molar refractivity (Wildman–Crippen MR) is 109 cm³/mol. The summed E-state index contributed by atoms with van der Waals surface area (Å²) in [4.78, 5) is 12.1. The second-order valence-corrected chi connectivity index (χ2v) is 8.77. The number of nitroso groups, excluding NO2 is 1. The molecule has 2 aliphatic rings. The lowest BCUT2D eigenvalue weighted by Gasteiger charge is -2.37. The van der Waals surface area contributed by atoms with E-state index >= 15 is 0 Å². The molecule has 8 nitrogen and oxygen atoms in total. The van der Waals surface area contributed by atoms with E-state index in [0.29, 0.717) is 18.2 Å². The Morgan fingerprint density at radius 2 is 1.97 bits per heavy atom. The van der Waals surface area contributed by atoms with Crippen molar-refractivity contribution < 1.29 is 26.3 Å². The number of hydrogen-bond donors (Lipinski definition) is 2. The molecular weight excluding hydrogens is 437 g/mol. The van der Waals surface area contributed by atoms with Crippen molar-refractivity contribution in [2.75, 3.05) is 36.4 Å². The van der Waals surface area contributed by atoms with Gasteiger partial charge in [0.15, 0.2) is 5.75 Å². The van der Waals surface area contributed by atoms with Crippen LogP contribution in [-0.2, 0) is 10.0 Å². The molecule has 0 spiro atoms. The van der Waals surface area contributed by atoms with Gasteiger partial charge in [-0.2, -0.15) is 8.42 Å². The van der Waals surface area contributed by atoms with Crippen LogP contribution >= 0.6 is 0 Å². The fraction of sp³-hybridized carbons (Fsp3) is 0.368. The number of piperazine rings is 1. The molecule has 2 aliphatic heterocycles. The zero-order valence-corrected chi connectivity index (χ0v) is 17.0. The summed E-state index contributed by atoms with van der Waals surface area (Å²) in [5.41, 5.74) is 1.83. The molecule has 2 aromatic carbocycles. The molecule has 4 rings (SSSR count). The Morgan fingerprint density at radius 3 is 2.71 bits per heavy atom. The van der Waals surface area contributed by atoms with E-state index in [0.717, 1.165) is 43.5 Å². The van der Waals surface area contributed by atoms with Crippen LogP contribution in [0.4, 0.5) is 24.5 Å². The minimum atomic E-state index is -5.17. The van der Waals surface area contributed by atoms with Gasteiger partial charge in [0.05, 0.1) is 16.0 Å². The summed E-state index contributed by atoms with van der Waals surface area (Å²) >= 11 is 0. The molecule has 1 unspecified atom stereocenters. The fourth-order valence-corrected chi connectivity index (χ4v) is 4.73. The van der Waals surface area contributed by atoms with Crippen LogP contribution in [0, 0.1) is 4.91 Å². The van der Waals surface area contributed by atoms with E-state index in [-0.39, 0.29) is 5.56 Å². The maximum Gasteiger partial charge on any atom is 0.573 e. The standard InChI is InChI=1S/C19H19F3N4O4S/c20-19(21,22)30-18-14(2-1-3-17(18)31(28,29)25-27)12-4-5-16-15(10-12)24-7-6-13-11-23-8-9-26(13)16/h1-5,10,13,23-24H,6-9,11H2. The van der Waals surface area contributed by atoms with E-state index in [4.69, 9.17) is 0 Å². The first-order chi connectivity index (χ1) is 14.7. The normalized spacial score (nSPS) is 18.9. The monoisotopic (exact) mass is 456 g/mol. The van der Waals surface area contributed by atoms with Crippen molar-refractivity contribution in [2.24, 2.45) is 4.58 Å². The van der Waals surface area contributed by atoms with Crippen molar-refractivity contribution in [3.63, 3.8) is 0 Å². The number of nitrogens with zero attached hydrogens (tertiary/aromatic N) is 2. The molecule has 0 aliphatic carbocycles. The Morgan fingerprint density at radius 1 is 1.16 bits per heavy atom.